The van der Waals surface area contributed by atoms with Crippen LogP contribution in [-0.4, -0.2) is 61.8 Å². The van der Waals surface area contributed by atoms with Gasteiger partial charge in [-0.2, -0.15) is 0 Å². The van der Waals surface area contributed by atoms with Gasteiger partial charge >= 0.3 is 11.9 Å². The average molecular weight is 833 g/mol. The second-order valence-electron chi connectivity index (χ2n) is 19.0. The van der Waals surface area contributed by atoms with E-state index >= 15 is 0 Å². The molecule has 1 rings (SSSR count). The molecule has 59 heavy (non-hydrogen) atoms. The fourth-order valence-electron chi connectivity index (χ4n) is 9.27. The van der Waals surface area contributed by atoms with Gasteiger partial charge < -0.3 is 19.7 Å². The molecule has 1 heterocycles. The third kappa shape index (κ3) is 33.1. The Morgan fingerprint density at radius 2 is 0.729 bits per heavy atom. The zero-order valence-corrected chi connectivity index (χ0v) is 40.6. The van der Waals surface area contributed by atoms with Gasteiger partial charge in [-0.15, -0.1) is 0 Å². The summed E-state index contributed by atoms with van der Waals surface area (Å²) in [6, 6.07) is 0.976. The standard InChI is InChI=1S/C53H104N2O4/c1-6-11-16-20-24-28-37-48(38-29-25-21-17-12-7-2)52(56)58-44-35-32-41-50-46-55(43-34-15-10-5)47-51(54-50)42-33-36-45-59-53(57)49(39-30-26-22-18-13-8-3)40-31-27-23-19-14-9-4/h48-51,54H,6-47H2,1-5H3. The fraction of sp³-hybridized carbons (Fsp3) is 0.962. The molecular weight excluding hydrogens is 729 g/mol. The van der Waals surface area contributed by atoms with Crippen molar-refractivity contribution in [2.75, 3.05) is 32.8 Å². The number of ether oxygens (including phenoxy) is 2. The van der Waals surface area contributed by atoms with E-state index < -0.39 is 0 Å². The Morgan fingerprint density at radius 3 is 1.07 bits per heavy atom. The van der Waals surface area contributed by atoms with E-state index in [4.69, 9.17) is 9.47 Å². The molecule has 0 aromatic rings. The van der Waals surface area contributed by atoms with Gasteiger partial charge in [-0.1, -0.05) is 202 Å². The van der Waals surface area contributed by atoms with Crippen LogP contribution in [0.5, 0.6) is 0 Å². The number of unbranched alkanes of at least 4 members (excludes halogenated alkanes) is 24. The maximum atomic E-state index is 13.3. The summed E-state index contributed by atoms with van der Waals surface area (Å²) in [4.78, 5) is 29.2. The number of hydrogen-bond donors (Lipinski definition) is 1. The summed E-state index contributed by atoms with van der Waals surface area (Å²) in [6.07, 6.45) is 44.8. The highest BCUT2D eigenvalue weighted by Gasteiger charge is 2.26. The molecule has 0 radical (unpaired) electrons. The maximum Gasteiger partial charge on any atom is 0.308 e. The smallest absolute Gasteiger partial charge is 0.308 e. The molecule has 1 aliphatic heterocycles. The molecule has 0 saturated carbocycles. The highest BCUT2D eigenvalue weighted by Crippen LogP contribution is 2.23. The average Bonchev–Trinajstić information content (AvgIpc) is 3.23. The van der Waals surface area contributed by atoms with Crippen LogP contribution in [0.4, 0.5) is 0 Å². The largest absolute Gasteiger partial charge is 0.465 e. The number of hydrogen-bond acceptors (Lipinski definition) is 6. The van der Waals surface area contributed by atoms with E-state index in [2.05, 4.69) is 44.8 Å². The van der Waals surface area contributed by atoms with Crippen molar-refractivity contribution in [3.8, 4) is 0 Å². The first-order valence-corrected chi connectivity index (χ1v) is 26.8. The molecular formula is C53H104N2O4. The minimum atomic E-state index is 0.0712. The van der Waals surface area contributed by atoms with E-state index in [1.165, 1.54) is 154 Å². The SMILES string of the molecule is CCCCCCCCC(CCCCCCCC)C(=O)OCCCCC1CN(CCCCC)CC(CCCCOC(=O)C(CCCCCCCC)CCCCCCCC)N1. The fourth-order valence-corrected chi connectivity index (χ4v) is 9.27. The molecule has 1 N–H and O–H groups in total. The Bertz CT molecular complexity index is 816. The van der Waals surface area contributed by atoms with Crippen LogP contribution >= 0.6 is 0 Å². The van der Waals surface area contributed by atoms with Crippen molar-refractivity contribution in [2.45, 2.75) is 284 Å². The molecule has 0 spiro atoms. The van der Waals surface area contributed by atoms with Gasteiger partial charge in [-0.3, -0.25) is 9.59 Å². The molecule has 1 aliphatic rings. The number of nitrogens with zero attached hydrogens (tertiary/aromatic N) is 1. The second kappa shape index (κ2) is 42.2. The van der Waals surface area contributed by atoms with E-state index in [0.29, 0.717) is 25.3 Å². The normalized spacial score (nSPS) is 16.1. The van der Waals surface area contributed by atoms with Gasteiger partial charge in [0.2, 0.25) is 0 Å². The van der Waals surface area contributed by atoms with Gasteiger partial charge in [0.25, 0.3) is 0 Å². The number of carbonyl (C=O) groups is 2. The monoisotopic (exact) mass is 833 g/mol. The molecule has 2 unspecified atom stereocenters. The van der Waals surface area contributed by atoms with Gasteiger partial charge in [0, 0.05) is 25.2 Å². The van der Waals surface area contributed by atoms with Gasteiger partial charge in [0.1, 0.15) is 0 Å². The lowest BCUT2D eigenvalue weighted by Crippen LogP contribution is -2.56. The maximum absolute atomic E-state index is 13.3. The van der Waals surface area contributed by atoms with Gasteiger partial charge in [-0.25, -0.2) is 0 Å². The number of esters is 2. The van der Waals surface area contributed by atoms with Crippen LogP contribution < -0.4 is 5.32 Å². The lowest BCUT2D eigenvalue weighted by atomic mass is 9.94. The lowest BCUT2D eigenvalue weighted by molar-refractivity contribution is -0.150. The first-order chi connectivity index (χ1) is 29.0. The van der Waals surface area contributed by atoms with Crippen LogP contribution in [-0.2, 0) is 19.1 Å². The summed E-state index contributed by atoms with van der Waals surface area (Å²) >= 11 is 0. The number of rotatable bonds is 44. The summed E-state index contributed by atoms with van der Waals surface area (Å²) < 4.78 is 11.9. The van der Waals surface area contributed by atoms with Crippen molar-refractivity contribution in [3.05, 3.63) is 0 Å². The third-order valence-electron chi connectivity index (χ3n) is 13.2. The number of nitrogens with one attached hydrogen (secondary N) is 1. The van der Waals surface area contributed by atoms with E-state index in [9.17, 15) is 9.59 Å². The molecule has 0 aromatic heterocycles. The summed E-state index contributed by atoms with van der Waals surface area (Å²) in [5.41, 5.74) is 0. The van der Waals surface area contributed by atoms with Gasteiger partial charge in [-0.05, 0) is 77.2 Å². The minimum Gasteiger partial charge on any atom is -0.465 e. The zero-order chi connectivity index (χ0) is 42.9. The molecule has 1 saturated heterocycles. The van der Waals surface area contributed by atoms with Gasteiger partial charge in [0.15, 0.2) is 0 Å². The van der Waals surface area contributed by atoms with Crippen LogP contribution in [0, 0.1) is 11.8 Å². The topological polar surface area (TPSA) is 67.9 Å². The van der Waals surface area contributed by atoms with E-state index in [1.54, 1.807) is 0 Å². The predicted octanol–water partition coefficient (Wildman–Crippen LogP) is 15.5. The van der Waals surface area contributed by atoms with Crippen molar-refractivity contribution in [1.82, 2.24) is 10.2 Å². The Hall–Kier alpha value is -1.14. The van der Waals surface area contributed by atoms with E-state index in [-0.39, 0.29) is 23.8 Å². The van der Waals surface area contributed by atoms with E-state index in [1.807, 2.05) is 0 Å². The lowest BCUT2D eigenvalue weighted by Gasteiger charge is -2.39. The quantitative estimate of drug-likeness (QED) is 0.0487. The van der Waals surface area contributed by atoms with E-state index in [0.717, 1.165) is 103 Å². The molecule has 2 atom stereocenters. The first kappa shape index (κ1) is 55.9. The van der Waals surface area contributed by atoms with Crippen molar-refractivity contribution in [1.29, 1.82) is 0 Å². The Labute approximate surface area is 369 Å². The van der Waals surface area contributed by atoms with Crippen LogP contribution in [0.25, 0.3) is 0 Å². The Kier molecular flexibility index (Phi) is 39.9. The molecule has 0 aliphatic carbocycles. The van der Waals surface area contributed by atoms with Crippen molar-refractivity contribution in [2.24, 2.45) is 11.8 Å². The van der Waals surface area contributed by atoms with Crippen molar-refractivity contribution >= 4 is 11.9 Å². The van der Waals surface area contributed by atoms with Crippen molar-refractivity contribution in [3.63, 3.8) is 0 Å². The molecule has 350 valence electrons. The zero-order valence-electron chi connectivity index (χ0n) is 40.6. The highest BCUT2D eigenvalue weighted by atomic mass is 16.5. The summed E-state index contributed by atoms with van der Waals surface area (Å²) in [6.45, 7) is 15.9. The molecule has 6 heteroatoms. The summed E-state index contributed by atoms with van der Waals surface area (Å²) in [5.74, 6) is 0.318. The minimum absolute atomic E-state index is 0.0712. The third-order valence-corrected chi connectivity index (χ3v) is 13.2. The van der Waals surface area contributed by atoms with Crippen LogP contribution in [0.15, 0.2) is 0 Å². The van der Waals surface area contributed by atoms with Crippen LogP contribution in [0.2, 0.25) is 0 Å². The molecule has 0 aromatic carbocycles. The van der Waals surface area contributed by atoms with Crippen LogP contribution in [0.3, 0.4) is 0 Å². The Morgan fingerprint density at radius 1 is 0.424 bits per heavy atom. The molecule has 1 fully saturated rings. The van der Waals surface area contributed by atoms with Gasteiger partial charge in [0.05, 0.1) is 25.0 Å². The highest BCUT2D eigenvalue weighted by molar-refractivity contribution is 5.72. The van der Waals surface area contributed by atoms with Crippen molar-refractivity contribution < 1.29 is 19.1 Å². The Balaban J connectivity index is 2.53. The number of carbonyl (C=O) groups excluding carboxylic acids is 2. The predicted molar refractivity (Wildman–Crippen MR) is 255 cm³/mol. The molecule has 0 bridgehead atoms. The summed E-state index contributed by atoms with van der Waals surface area (Å²) in [5, 5.41) is 4.02. The molecule has 6 nitrogen and oxygen atoms in total. The summed E-state index contributed by atoms with van der Waals surface area (Å²) in [7, 11) is 0. The molecule has 0 amide bonds. The first-order valence-electron chi connectivity index (χ1n) is 26.8. The number of piperazine rings is 1. The van der Waals surface area contributed by atoms with Crippen LogP contribution in [0.1, 0.15) is 272 Å². The second-order valence-corrected chi connectivity index (χ2v) is 19.0.